The second kappa shape index (κ2) is 5.76. The third-order valence-corrected chi connectivity index (χ3v) is 3.74. The lowest BCUT2D eigenvalue weighted by atomic mass is 9.93. The van der Waals surface area contributed by atoms with Gasteiger partial charge in [-0.05, 0) is 31.4 Å². The van der Waals surface area contributed by atoms with E-state index in [9.17, 15) is 15.2 Å². The molecule has 0 unspecified atom stereocenters. The zero-order chi connectivity index (χ0) is 14.8. The fraction of sp³-hybridized carbons (Fsp3) is 0.571. The number of hydrogen-bond donors (Lipinski definition) is 1. The number of hydrogen-bond acceptors (Lipinski definition) is 5. The van der Waals surface area contributed by atoms with Crippen molar-refractivity contribution in [2.45, 2.75) is 31.9 Å². The molecule has 1 N–H and O–H groups in total. The van der Waals surface area contributed by atoms with Crippen LogP contribution in [0, 0.1) is 10.1 Å². The number of nitrogens with zero attached hydrogens (tertiary/aromatic N) is 2. The van der Waals surface area contributed by atoms with Crippen LogP contribution in [0.1, 0.15) is 25.3 Å². The number of ether oxygens (including phenoxy) is 1. The summed E-state index contributed by atoms with van der Waals surface area (Å²) in [4.78, 5) is 12.7. The normalized spacial score (nSPS) is 18.8. The van der Waals surface area contributed by atoms with Gasteiger partial charge in [0.25, 0.3) is 5.69 Å². The van der Waals surface area contributed by atoms with E-state index in [0.29, 0.717) is 12.3 Å². The molecule has 0 spiro atoms. The van der Waals surface area contributed by atoms with Gasteiger partial charge in [-0.15, -0.1) is 0 Å². The molecule has 1 fully saturated rings. The molecule has 20 heavy (non-hydrogen) atoms. The van der Waals surface area contributed by atoms with Gasteiger partial charge in [0.2, 0.25) is 0 Å². The summed E-state index contributed by atoms with van der Waals surface area (Å²) < 4.78 is 5.10. The van der Waals surface area contributed by atoms with Gasteiger partial charge in [-0.2, -0.15) is 0 Å². The van der Waals surface area contributed by atoms with Gasteiger partial charge < -0.3 is 9.84 Å². The second-order valence-corrected chi connectivity index (χ2v) is 5.57. The first-order valence-corrected chi connectivity index (χ1v) is 6.67. The molecule has 0 amide bonds. The molecule has 2 rings (SSSR count). The Kier molecular flexibility index (Phi) is 4.25. The van der Waals surface area contributed by atoms with Crippen molar-refractivity contribution < 1.29 is 14.8 Å². The highest BCUT2D eigenvalue weighted by Crippen LogP contribution is 2.26. The first-order chi connectivity index (χ1) is 9.39. The monoisotopic (exact) mass is 280 g/mol. The van der Waals surface area contributed by atoms with Crippen molar-refractivity contribution in [3.63, 3.8) is 0 Å². The number of non-ortho nitro benzene ring substituents is 1. The van der Waals surface area contributed by atoms with E-state index < -0.39 is 10.5 Å². The smallest absolute Gasteiger partial charge is 0.273 e. The minimum atomic E-state index is -0.586. The van der Waals surface area contributed by atoms with Crippen LogP contribution in [0.3, 0.4) is 0 Å². The Morgan fingerprint density at radius 1 is 1.40 bits per heavy atom. The largest absolute Gasteiger partial charge is 0.496 e. The first kappa shape index (κ1) is 14.7. The summed E-state index contributed by atoms with van der Waals surface area (Å²) in [5, 5.41) is 20.8. The molecule has 1 aliphatic rings. The van der Waals surface area contributed by atoms with E-state index in [1.807, 2.05) is 13.0 Å². The van der Waals surface area contributed by atoms with Crippen LogP contribution in [0.5, 0.6) is 5.75 Å². The van der Waals surface area contributed by atoms with Crippen molar-refractivity contribution in [3.05, 3.63) is 33.9 Å². The van der Waals surface area contributed by atoms with Crippen LogP contribution >= 0.6 is 0 Å². The van der Waals surface area contributed by atoms with Crippen LogP contribution < -0.4 is 4.74 Å². The summed E-state index contributed by atoms with van der Waals surface area (Å²) in [5.41, 5.74) is 0.317. The Bertz CT molecular complexity index is 492. The van der Waals surface area contributed by atoms with Crippen LogP contribution in [-0.2, 0) is 6.54 Å². The fourth-order valence-electron chi connectivity index (χ4n) is 2.41. The minimum Gasteiger partial charge on any atom is -0.496 e. The van der Waals surface area contributed by atoms with E-state index >= 15 is 0 Å². The quantitative estimate of drug-likeness (QED) is 0.674. The van der Waals surface area contributed by atoms with Gasteiger partial charge >= 0.3 is 0 Å². The van der Waals surface area contributed by atoms with Crippen LogP contribution in [0.15, 0.2) is 18.2 Å². The zero-order valence-corrected chi connectivity index (χ0v) is 11.8. The van der Waals surface area contributed by atoms with E-state index in [1.54, 1.807) is 6.07 Å². The predicted octanol–water partition coefficient (Wildman–Crippen LogP) is 1.95. The number of rotatable bonds is 4. The lowest BCUT2D eigenvalue weighted by Gasteiger charge is -2.35. The molecule has 0 aliphatic carbocycles. The van der Waals surface area contributed by atoms with Gasteiger partial charge in [0.15, 0.2) is 0 Å². The van der Waals surface area contributed by atoms with E-state index in [1.165, 1.54) is 13.2 Å². The molecule has 0 bridgehead atoms. The minimum absolute atomic E-state index is 0.0448. The van der Waals surface area contributed by atoms with Gasteiger partial charge in [0, 0.05) is 25.7 Å². The van der Waals surface area contributed by atoms with E-state index in [0.717, 1.165) is 31.5 Å². The van der Waals surface area contributed by atoms with Gasteiger partial charge in [-0.25, -0.2) is 0 Å². The number of nitro benzene ring substituents is 1. The summed E-state index contributed by atoms with van der Waals surface area (Å²) in [6.07, 6.45) is 1.44. The van der Waals surface area contributed by atoms with Gasteiger partial charge in [0.05, 0.1) is 23.7 Å². The maximum absolute atomic E-state index is 10.9. The highest BCUT2D eigenvalue weighted by Gasteiger charge is 2.27. The Morgan fingerprint density at radius 2 is 2.05 bits per heavy atom. The summed E-state index contributed by atoms with van der Waals surface area (Å²) in [6.45, 7) is 4.06. The Morgan fingerprint density at radius 3 is 2.60 bits per heavy atom. The zero-order valence-electron chi connectivity index (χ0n) is 11.8. The molecule has 1 aromatic rings. The molecule has 6 heteroatoms. The lowest BCUT2D eigenvalue weighted by Crippen LogP contribution is -2.41. The number of likely N-dealkylation sites (tertiary alicyclic amines) is 1. The van der Waals surface area contributed by atoms with Crippen LogP contribution in [0.4, 0.5) is 5.69 Å². The number of nitro groups is 1. The van der Waals surface area contributed by atoms with E-state index in [4.69, 9.17) is 4.74 Å². The summed E-state index contributed by atoms with van der Waals surface area (Å²) in [7, 11) is 1.50. The molecule has 1 saturated heterocycles. The van der Waals surface area contributed by atoms with Crippen LogP contribution in [-0.4, -0.2) is 40.7 Å². The SMILES string of the molecule is COc1cc(CN2CCC(C)(O)CC2)cc([N+](=O)[O-])c1. The fourth-order valence-corrected chi connectivity index (χ4v) is 2.41. The van der Waals surface area contributed by atoms with Gasteiger partial charge in [-0.3, -0.25) is 15.0 Å². The molecule has 1 heterocycles. The molecule has 0 radical (unpaired) electrons. The Labute approximate surface area is 118 Å². The van der Waals surface area contributed by atoms with Crippen molar-refractivity contribution in [1.82, 2.24) is 4.90 Å². The molecular formula is C14H20N2O4. The number of benzene rings is 1. The maximum Gasteiger partial charge on any atom is 0.273 e. The lowest BCUT2D eigenvalue weighted by molar-refractivity contribution is -0.385. The van der Waals surface area contributed by atoms with Crippen molar-refractivity contribution in [2.24, 2.45) is 0 Å². The summed E-state index contributed by atoms with van der Waals surface area (Å²) in [6, 6.07) is 4.82. The van der Waals surface area contributed by atoms with Crippen molar-refractivity contribution in [2.75, 3.05) is 20.2 Å². The number of methoxy groups -OCH3 is 1. The average molecular weight is 280 g/mol. The first-order valence-electron chi connectivity index (χ1n) is 6.67. The number of aliphatic hydroxyl groups is 1. The van der Waals surface area contributed by atoms with Crippen LogP contribution in [0.25, 0.3) is 0 Å². The molecule has 1 aromatic carbocycles. The third-order valence-electron chi connectivity index (χ3n) is 3.74. The molecule has 0 atom stereocenters. The highest BCUT2D eigenvalue weighted by atomic mass is 16.6. The van der Waals surface area contributed by atoms with Gasteiger partial charge in [0.1, 0.15) is 5.75 Å². The molecule has 1 aliphatic heterocycles. The molecule has 0 aromatic heterocycles. The molecule has 110 valence electrons. The Balaban J connectivity index is 2.09. The van der Waals surface area contributed by atoms with E-state index in [2.05, 4.69) is 4.90 Å². The van der Waals surface area contributed by atoms with Crippen molar-refractivity contribution in [3.8, 4) is 5.75 Å². The van der Waals surface area contributed by atoms with E-state index in [-0.39, 0.29) is 5.69 Å². The summed E-state index contributed by atoms with van der Waals surface area (Å²) >= 11 is 0. The van der Waals surface area contributed by atoms with Crippen LogP contribution in [0.2, 0.25) is 0 Å². The molecular weight excluding hydrogens is 260 g/mol. The number of piperidine rings is 1. The highest BCUT2D eigenvalue weighted by molar-refractivity contribution is 5.42. The van der Waals surface area contributed by atoms with Crippen molar-refractivity contribution >= 4 is 5.69 Å². The molecule has 0 saturated carbocycles. The Hall–Kier alpha value is -1.66. The summed E-state index contributed by atoms with van der Waals surface area (Å²) in [5.74, 6) is 0.498. The molecule has 6 nitrogen and oxygen atoms in total. The standard InChI is InChI=1S/C14H20N2O4/c1-14(17)3-5-15(6-4-14)10-11-7-12(16(18)19)9-13(8-11)20-2/h7-9,17H,3-6,10H2,1-2H3. The topological polar surface area (TPSA) is 75.8 Å². The van der Waals surface area contributed by atoms with Gasteiger partial charge in [-0.1, -0.05) is 0 Å². The average Bonchev–Trinajstić information content (AvgIpc) is 2.41. The maximum atomic E-state index is 10.9. The van der Waals surface area contributed by atoms with Crippen molar-refractivity contribution in [1.29, 1.82) is 0 Å². The predicted molar refractivity (Wildman–Crippen MR) is 74.8 cm³/mol. The third kappa shape index (κ3) is 3.68. The second-order valence-electron chi connectivity index (χ2n) is 5.57.